The summed E-state index contributed by atoms with van der Waals surface area (Å²) in [6.45, 7) is 5.49. The molecule has 5 rings (SSSR count). The monoisotopic (exact) mass is 393 g/mol. The lowest BCUT2D eigenvalue weighted by atomic mass is 9.92. The van der Waals surface area contributed by atoms with Crippen molar-refractivity contribution in [3.8, 4) is 0 Å². The van der Waals surface area contributed by atoms with Crippen molar-refractivity contribution >= 4 is 5.91 Å². The van der Waals surface area contributed by atoms with E-state index < -0.39 is 0 Å². The molecule has 0 radical (unpaired) electrons. The predicted molar refractivity (Wildman–Crippen MR) is 112 cm³/mol. The van der Waals surface area contributed by atoms with Crippen LogP contribution in [0, 0.1) is 6.92 Å². The quantitative estimate of drug-likeness (QED) is 0.789. The first-order valence-corrected chi connectivity index (χ1v) is 11.2. The molecule has 1 saturated carbocycles. The van der Waals surface area contributed by atoms with Crippen LogP contribution in [0.1, 0.15) is 67.6 Å². The van der Waals surface area contributed by atoms with Crippen LogP contribution in [-0.2, 0) is 14.9 Å². The molecule has 2 aliphatic heterocycles. The van der Waals surface area contributed by atoms with E-state index in [-0.39, 0.29) is 5.41 Å². The second-order valence-electron chi connectivity index (χ2n) is 9.01. The lowest BCUT2D eigenvalue weighted by Gasteiger charge is -2.37. The Kier molecular flexibility index (Phi) is 4.94. The highest BCUT2D eigenvalue weighted by molar-refractivity contribution is 5.91. The molecule has 154 valence electrons. The molecule has 1 unspecified atom stereocenters. The molecule has 1 amide bonds. The third kappa shape index (κ3) is 3.39. The van der Waals surface area contributed by atoms with Crippen molar-refractivity contribution in [2.24, 2.45) is 0 Å². The second-order valence-corrected chi connectivity index (χ2v) is 9.01. The van der Waals surface area contributed by atoms with Gasteiger partial charge in [-0.2, -0.15) is 0 Å². The molecule has 29 heavy (non-hydrogen) atoms. The van der Waals surface area contributed by atoms with Crippen LogP contribution in [0.5, 0.6) is 0 Å². The van der Waals surface area contributed by atoms with Crippen LogP contribution in [0.2, 0.25) is 0 Å². The average molecular weight is 394 g/mol. The van der Waals surface area contributed by atoms with E-state index in [0.717, 1.165) is 64.8 Å². The number of hydrogen-bond acceptors (Lipinski definition) is 3. The molecule has 3 aliphatic rings. The highest BCUT2D eigenvalue weighted by Gasteiger charge is 2.53. The van der Waals surface area contributed by atoms with Crippen molar-refractivity contribution < 1.29 is 9.53 Å². The largest absolute Gasteiger partial charge is 0.381 e. The first-order valence-electron chi connectivity index (χ1n) is 11.2. The molecule has 5 heteroatoms. The van der Waals surface area contributed by atoms with Crippen LogP contribution in [0.4, 0.5) is 0 Å². The summed E-state index contributed by atoms with van der Waals surface area (Å²) < 4.78 is 8.00. The summed E-state index contributed by atoms with van der Waals surface area (Å²) in [5, 5.41) is 0. The summed E-state index contributed by atoms with van der Waals surface area (Å²) in [5.41, 5.74) is 2.14. The lowest BCUT2D eigenvalue weighted by Crippen LogP contribution is -2.46. The van der Waals surface area contributed by atoms with Crippen molar-refractivity contribution in [1.82, 2.24) is 14.5 Å². The molecule has 3 heterocycles. The lowest BCUT2D eigenvalue weighted by molar-refractivity contribution is -0.135. The normalized spacial score (nSPS) is 24.4. The number of benzene rings is 1. The van der Waals surface area contributed by atoms with E-state index in [1.54, 1.807) is 0 Å². The van der Waals surface area contributed by atoms with Crippen LogP contribution >= 0.6 is 0 Å². The van der Waals surface area contributed by atoms with Gasteiger partial charge in [-0.15, -0.1) is 0 Å². The molecule has 2 saturated heterocycles. The van der Waals surface area contributed by atoms with Gasteiger partial charge in [-0.05, 0) is 51.0 Å². The van der Waals surface area contributed by atoms with Gasteiger partial charge in [-0.3, -0.25) is 4.79 Å². The maximum Gasteiger partial charge on any atom is 0.233 e. The van der Waals surface area contributed by atoms with Crippen LogP contribution in [-0.4, -0.2) is 46.7 Å². The molecule has 0 N–H and O–H groups in total. The summed E-state index contributed by atoms with van der Waals surface area (Å²) in [4.78, 5) is 20.5. The summed E-state index contributed by atoms with van der Waals surface area (Å²) in [6.07, 6.45) is 8.24. The van der Waals surface area contributed by atoms with Crippen LogP contribution < -0.4 is 0 Å². The number of aromatic nitrogens is 2. The van der Waals surface area contributed by atoms with Crippen molar-refractivity contribution in [2.45, 2.75) is 62.8 Å². The van der Waals surface area contributed by atoms with E-state index in [4.69, 9.17) is 9.72 Å². The number of carbonyl (C=O) groups excluding carboxylic acids is 1. The summed E-state index contributed by atoms with van der Waals surface area (Å²) in [5.74, 6) is 2.01. The number of ether oxygens (including phenoxy) is 1. The number of likely N-dealkylation sites (tertiary alicyclic amines) is 1. The SMILES string of the molecule is Cc1cnc(C2CCOCC2)n1C1CCCN(C(=O)C2(c3ccccc3)CC2)C1. The number of rotatable bonds is 4. The van der Waals surface area contributed by atoms with Crippen LogP contribution in [0.25, 0.3) is 0 Å². The van der Waals surface area contributed by atoms with Gasteiger partial charge in [0.15, 0.2) is 0 Å². The fourth-order valence-electron chi connectivity index (χ4n) is 5.36. The number of imidazole rings is 1. The highest BCUT2D eigenvalue weighted by Crippen LogP contribution is 2.50. The van der Waals surface area contributed by atoms with E-state index in [2.05, 4.69) is 40.7 Å². The number of piperidine rings is 1. The Hall–Kier alpha value is -2.14. The minimum absolute atomic E-state index is 0.267. The van der Waals surface area contributed by atoms with Crippen molar-refractivity contribution in [3.63, 3.8) is 0 Å². The van der Waals surface area contributed by atoms with Gasteiger partial charge in [0.1, 0.15) is 5.82 Å². The van der Waals surface area contributed by atoms with Gasteiger partial charge in [-0.1, -0.05) is 30.3 Å². The Bertz CT molecular complexity index is 866. The third-order valence-electron chi connectivity index (χ3n) is 7.13. The number of hydrogen-bond donors (Lipinski definition) is 0. The molecule has 5 nitrogen and oxygen atoms in total. The molecular weight excluding hydrogens is 362 g/mol. The van der Waals surface area contributed by atoms with E-state index in [9.17, 15) is 4.79 Å². The molecule has 0 bridgehead atoms. The maximum absolute atomic E-state index is 13.6. The van der Waals surface area contributed by atoms with E-state index in [1.807, 2.05) is 12.3 Å². The fourth-order valence-corrected chi connectivity index (χ4v) is 5.36. The fraction of sp³-hybridized carbons (Fsp3) is 0.583. The smallest absolute Gasteiger partial charge is 0.233 e. The Morgan fingerprint density at radius 2 is 1.90 bits per heavy atom. The van der Waals surface area contributed by atoms with Gasteiger partial charge < -0.3 is 14.2 Å². The van der Waals surface area contributed by atoms with Crippen LogP contribution in [0.15, 0.2) is 36.5 Å². The number of aryl methyl sites for hydroxylation is 1. The Morgan fingerprint density at radius 3 is 2.62 bits per heavy atom. The van der Waals surface area contributed by atoms with Crippen molar-refractivity contribution in [1.29, 1.82) is 0 Å². The Morgan fingerprint density at radius 1 is 1.14 bits per heavy atom. The molecule has 3 fully saturated rings. The summed E-state index contributed by atoms with van der Waals surface area (Å²) in [6, 6.07) is 10.7. The Balaban J connectivity index is 1.37. The van der Waals surface area contributed by atoms with E-state index in [1.165, 1.54) is 17.1 Å². The topological polar surface area (TPSA) is 47.4 Å². The number of amides is 1. The number of nitrogens with zero attached hydrogens (tertiary/aromatic N) is 3. The maximum atomic E-state index is 13.6. The van der Waals surface area contributed by atoms with Gasteiger partial charge >= 0.3 is 0 Å². The zero-order valence-corrected chi connectivity index (χ0v) is 17.3. The van der Waals surface area contributed by atoms with Crippen LogP contribution in [0.3, 0.4) is 0 Å². The van der Waals surface area contributed by atoms with E-state index in [0.29, 0.717) is 17.9 Å². The van der Waals surface area contributed by atoms with Crippen molar-refractivity contribution in [3.05, 3.63) is 53.6 Å². The minimum atomic E-state index is -0.267. The third-order valence-corrected chi connectivity index (χ3v) is 7.13. The molecular formula is C24H31N3O2. The summed E-state index contributed by atoms with van der Waals surface area (Å²) >= 11 is 0. The second kappa shape index (κ2) is 7.60. The predicted octanol–water partition coefficient (Wildman–Crippen LogP) is 3.98. The van der Waals surface area contributed by atoms with E-state index >= 15 is 0 Å². The molecule has 2 aromatic rings. The molecule has 0 spiro atoms. The zero-order chi connectivity index (χ0) is 19.8. The summed E-state index contributed by atoms with van der Waals surface area (Å²) in [7, 11) is 0. The Labute approximate surface area is 173 Å². The first kappa shape index (κ1) is 18.9. The van der Waals surface area contributed by atoms with Gasteiger partial charge in [0.2, 0.25) is 5.91 Å². The minimum Gasteiger partial charge on any atom is -0.381 e. The first-order chi connectivity index (χ1) is 14.2. The number of carbonyl (C=O) groups is 1. The van der Waals surface area contributed by atoms with Gasteiger partial charge in [0, 0.05) is 44.1 Å². The molecule has 1 aliphatic carbocycles. The molecule has 1 aromatic heterocycles. The molecule has 1 aromatic carbocycles. The standard InChI is InChI=1S/C24H31N3O2/c1-18-16-25-22(19-9-14-29-15-10-19)27(18)21-8-5-13-26(17-21)23(28)24(11-12-24)20-6-3-2-4-7-20/h2-4,6-7,16,19,21H,5,8-15,17H2,1H3. The molecule has 1 atom stereocenters. The van der Waals surface area contributed by atoms with Crippen molar-refractivity contribution in [2.75, 3.05) is 26.3 Å². The zero-order valence-electron chi connectivity index (χ0n) is 17.3. The average Bonchev–Trinajstić information content (AvgIpc) is 3.51. The highest BCUT2D eigenvalue weighted by atomic mass is 16.5. The van der Waals surface area contributed by atoms with Gasteiger partial charge in [-0.25, -0.2) is 4.98 Å². The van der Waals surface area contributed by atoms with Gasteiger partial charge in [0.05, 0.1) is 11.5 Å². The van der Waals surface area contributed by atoms with Gasteiger partial charge in [0.25, 0.3) is 0 Å².